The van der Waals surface area contributed by atoms with E-state index in [1.807, 2.05) is 19.1 Å². The van der Waals surface area contributed by atoms with E-state index in [4.69, 9.17) is 10.8 Å². The highest BCUT2D eigenvalue weighted by Gasteiger charge is 2.13. The van der Waals surface area contributed by atoms with Crippen LogP contribution in [0.3, 0.4) is 0 Å². The molecule has 0 aromatic heterocycles. The fraction of sp³-hybridized carbons (Fsp3) is 0.462. The molecule has 4 heteroatoms. The minimum absolute atomic E-state index is 0.00419. The molecule has 1 aromatic carbocycles. The lowest BCUT2D eigenvalue weighted by Gasteiger charge is -2.20. The molecule has 0 fully saturated rings. The smallest absolute Gasteiger partial charge is 0.253 e. The van der Waals surface area contributed by atoms with Crippen molar-refractivity contribution in [2.75, 3.05) is 19.7 Å². The Morgan fingerprint density at radius 2 is 2.00 bits per heavy atom. The van der Waals surface area contributed by atoms with Gasteiger partial charge < -0.3 is 15.7 Å². The van der Waals surface area contributed by atoms with Crippen molar-refractivity contribution in [3.63, 3.8) is 0 Å². The summed E-state index contributed by atoms with van der Waals surface area (Å²) in [5.74, 6) is 0.00419. The third-order valence-corrected chi connectivity index (χ3v) is 2.69. The van der Waals surface area contributed by atoms with E-state index < -0.39 is 0 Å². The average molecular weight is 236 g/mol. The molecule has 94 valence electrons. The molecule has 0 unspecified atom stereocenters. The van der Waals surface area contributed by atoms with Crippen molar-refractivity contribution in [1.82, 2.24) is 4.90 Å². The van der Waals surface area contributed by atoms with Gasteiger partial charge in [-0.1, -0.05) is 12.1 Å². The first-order valence-corrected chi connectivity index (χ1v) is 5.92. The third kappa shape index (κ3) is 3.84. The number of aliphatic hydroxyl groups excluding tert-OH is 1. The molecule has 3 N–H and O–H groups in total. The second-order valence-electron chi connectivity index (χ2n) is 3.86. The molecule has 0 aliphatic heterocycles. The maximum Gasteiger partial charge on any atom is 0.253 e. The highest BCUT2D eigenvalue weighted by atomic mass is 16.3. The van der Waals surface area contributed by atoms with Crippen molar-refractivity contribution in [1.29, 1.82) is 0 Å². The van der Waals surface area contributed by atoms with Crippen LogP contribution in [0, 0.1) is 0 Å². The maximum absolute atomic E-state index is 12.1. The topological polar surface area (TPSA) is 66.6 Å². The molecule has 0 aliphatic carbocycles. The minimum atomic E-state index is 0.00419. The Morgan fingerprint density at radius 1 is 1.35 bits per heavy atom. The molecule has 1 rings (SSSR count). The Bertz CT molecular complexity index is 349. The standard InChI is InChI=1S/C13H20N2O2/c1-2-15(8-3-9-16)13(17)12-6-4-11(10-14)5-7-12/h4-7,16H,2-3,8-10,14H2,1H3. The molecule has 0 bridgehead atoms. The maximum atomic E-state index is 12.1. The zero-order chi connectivity index (χ0) is 12.7. The lowest BCUT2D eigenvalue weighted by atomic mass is 10.1. The average Bonchev–Trinajstić information content (AvgIpc) is 2.39. The van der Waals surface area contributed by atoms with E-state index in [1.165, 1.54) is 0 Å². The van der Waals surface area contributed by atoms with Gasteiger partial charge >= 0.3 is 0 Å². The van der Waals surface area contributed by atoms with Crippen LogP contribution in [0.1, 0.15) is 29.3 Å². The summed E-state index contributed by atoms with van der Waals surface area (Å²) >= 11 is 0. The van der Waals surface area contributed by atoms with Gasteiger partial charge in [0.1, 0.15) is 0 Å². The van der Waals surface area contributed by atoms with Gasteiger partial charge in [-0.3, -0.25) is 4.79 Å². The summed E-state index contributed by atoms with van der Waals surface area (Å²) in [5, 5.41) is 8.78. The van der Waals surface area contributed by atoms with Gasteiger partial charge in [0.15, 0.2) is 0 Å². The fourth-order valence-electron chi connectivity index (χ4n) is 1.63. The molecule has 1 aromatic rings. The molecule has 0 spiro atoms. The Balaban J connectivity index is 2.71. The third-order valence-electron chi connectivity index (χ3n) is 2.69. The van der Waals surface area contributed by atoms with Gasteiger partial charge in [0.2, 0.25) is 0 Å². The van der Waals surface area contributed by atoms with Crippen molar-refractivity contribution >= 4 is 5.91 Å². The van der Waals surface area contributed by atoms with Crippen LogP contribution in [0.25, 0.3) is 0 Å². The molecule has 0 atom stereocenters. The summed E-state index contributed by atoms with van der Waals surface area (Å²) < 4.78 is 0. The van der Waals surface area contributed by atoms with E-state index in [-0.39, 0.29) is 12.5 Å². The normalized spacial score (nSPS) is 10.3. The summed E-state index contributed by atoms with van der Waals surface area (Å²) in [5.41, 5.74) is 7.19. The zero-order valence-corrected chi connectivity index (χ0v) is 10.2. The van der Waals surface area contributed by atoms with Gasteiger partial charge in [-0.15, -0.1) is 0 Å². The SMILES string of the molecule is CCN(CCCO)C(=O)c1ccc(CN)cc1. The highest BCUT2D eigenvalue weighted by molar-refractivity contribution is 5.94. The molecule has 0 saturated heterocycles. The van der Waals surface area contributed by atoms with Crippen molar-refractivity contribution in [2.45, 2.75) is 19.9 Å². The number of rotatable bonds is 6. The van der Waals surface area contributed by atoms with Crippen molar-refractivity contribution in [3.8, 4) is 0 Å². The number of hydrogen-bond donors (Lipinski definition) is 2. The van der Waals surface area contributed by atoms with Gasteiger partial charge in [-0.2, -0.15) is 0 Å². The first-order valence-electron chi connectivity index (χ1n) is 5.92. The number of carbonyl (C=O) groups excluding carboxylic acids is 1. The van der Waals surface area contributed by atoms with Gasteiger partial charge in [0, 0.05) is 31.8 Å². The second-order valence-corrected chi connectivity index (χ2v) is 3.86. The number of benzene rings is 1. The van der Waals surface area contributed by atoms with Crippen molar-refractivity contribution < 1.29 is 9.90 Å². The van der Waals surface area contributed by atoms with E-state index in [0.29, 0.717) is 31.6 Å². The molecule has 4 nitrogen and oxygen atoms in total. The lowest BCUT2D eigenvalue weighted by Crippen LogP contribution is -2.32. The van der Waals surface area contributed by atoms with Crippen LogP contribution in [0.15, 0.2) is 24.3 Å². The van der Waals surface area contributed by atoms with Crippen LogP contribution in [0.4, 0.5) is 0 Å². The van der Waals surface area contributed by atoms with Crippen LogP contribution in [-0.4, -0.2) is 35.6 Å². The molecule has 1 amide bonds. The zero-order valence-electron chi connectivity index (χ0n) is 10.2. The summed E-state index contributed by atoms with van der Waals surface area (Å²) in [6.07, 6.45) is 0.612. The first-order chi connectivity index (χ1) is 8.22. The number of hydrogen-bond acceptors (Lipinski definition) is 3. The highest BCUT2D eigenvalue weighted by Crippen LogP contribution is 2.08. The summed E-state index contributed by atoms with van der Waals surface area (Å²) in [6, 6.07) is 7.33. The van der Waals surface area contributed by atoms with Gasteiger partial charge in [0.05, 0.1) is 0 Å². The summed E-state index contributed by atoms with van der Waals surface area (Å²) in [6.45, 7) is 3.76. The monoisotopic (exact) mass is 236 g/mol. The largest absolute Gasteiger partial charge is 0.396 e. The summed E-state index contributed by atoms with van der Waals surface area (Å²) in [4.78, 5) is 13.8. The van der Waals surface area contributed by atoms with E-state index in [1.54, 1.807) is 17.0 Å². The second kappa shape index (κ2) is 7.04. The molecule has 17 heavy (non-hydrogen) atoms. The quantitative estimate of drug-likeness (QED) is 0.774. The van der Waals surface area contributed by atoms with Crippen LogP contribution < -0.4 is 5.73 Å². The van der Waals surface area contributed by atoms with Gasteiger partial charge in [-0.05, 0) is 31.0 Å². The number of aliphatic hydroxyl groups is 1. The van der Waals surface area contributed by atoms with Crippen LogP contribution in [-0.2, 0) is 6.54 Å². The predicted molar refractivity (Wildman–Crippen MR) is 67.6 cm³/mol. The number of nitrogens with two attached hydrogens (primary N) is 1. The number of nitrogens with zero attached hydrogens (tertiary/aromatic N) is 1. The minimum Gasteiger partial charge on any atom is -0.396 e. The Kier molecular flexibility index (Phi) is 5.66. The van der Waals surface area contributed by atoms with Crippen LogP contribution in [0.2, 0.25) is 0 Å². The molecule has 0 radical (unpaired) electrons. The predicted octanol–water partition coefficient (Wildman–Crippen LogP) is 0.990. The first kappa shape index (κ1) is 13.7. The van der Waals surface area contributed by atoms with E-state index >= 15 is 0 Å². The molecular formula is C13H20N2O2. The van der Waals surface area contributed by atoms with E-state index in [2.05, 4.69) is 0 Å². The fourth-order valence-corrected chi connectivity index (χ4v) is 1.63. The van der Waals surface area contributed by atoms with Crippen molar-refractivity contribution in [3.05, 3.63) is 35.4 Å². The van der Waals surface area contributed by atoms with Crippen molar-refractivity contribution in [2.24, 2.45) is 5.73 Å². The Hall–Kier alpha value is -1.39. The summed E-state index contributed by atoms with van der Waals surface area (Å²) in [7, 11) is 0. The van der Waals surface area contributed by atoms with Crippen LogP contribution >= 0.6 is 0 Å². The number of amides is 1. The van der Waals surface area contributed by atoms with E-state index in [9.17, 15) is 4.79 Å². The lowest BCUT2D eigenvalue weighted by molar-refractivity contribution is 0.0754. The van der Waals surface area contributed by atoms with Crippen LogP contribution in [0.5, 0.6) is 0 Å². The van der Waals surface area contributed by atoms with E-state index in [0.717, 1.165) is 5.56 Å². The molecular weight excluding hydrogens is 216 g/mol. The van der Waals surface area contributed by atoms with Gasteiger partial charge in [-0.25, -0.2) is 0 Å². The van der Waals surface area contributed by atoms with Gasteiger partial charge in [0.25, 0.3) is 5.91 Å². The Labute approximate surface area is 102 Å². The molecule has 0 aliphatic rings. The molecule has 0 saturated carbocycles. The number of carbonyl (C=O) groups is 1. The molecule has 0 heterocycles. The Morgan fingerprint density at radius 3 is 2.47 bits per heavy atom.